The summed E-state index contributed by atoms with van der Waals surface area (Å²) in [6.07, 6.45) is 3.05. The maximum Gasteiger partial charge on any atom is 0.232 e. The Morgan fingerprint density at radius 2 is 2.15 bits per heavy atom. The molecule has 0 unspecified atom stereocenters. The summed E-state index contributed by atoms with van der Waals surface area (Å²) >= 11 is 1.65. The van der Waals surface area contributed by atoms with Gasteiger partial charge in [-0.3, -0.25) is 9.78 Å². The van der Waals surface area contributed by atoms with Crippen molar-refractivity contribution in [2.75, 3.05) is 6.54 Å². The van der Waals surface area contributed by atoms with Crippen LogP contribution in [0.5, 0.6) is 0 Å². The number of thiophene rings is 1. The third-order valence-electron chi connectivity index (χ3n) is 5.05. The standard InChI is InChI=1S/C19H20N4O2S/c1-18(2)12-19(18,14-7-5-11-26-14)17(24)21-10-8-15-22-16(23-25-15)13-6-3-4-9-20-13/h3-7,9,11H,8,10,12H2,1-2H3,(H,21,24)/t19-/m1/s1. The summed E-state index contributed by atoms with van der Waals surface area (Å²) in [4.78, 5) is 22.6. The molecule has 1 N–H and O–H groups in total. The van der Waals surface area contributed by atoms with Crippen LogP contribution >= 0.6 is 11.3 Å². The fourth-order valence-electron chi connectivity index (χ4n) is 3.45. The zero-order chi connectivity index (χ0) is 18.2. The van der Waals surface area contributed by atoms with Crippen LogP contribution < -0.4 is 5.32 Å². The van der Waals surface area contributed by atoms with Gasteiger partial charge in [-0.1, -0.05) is 31.1 Å². The first kappa shape index (κ1) is 16.9. The van der Waals surface area contributed by atoms with Gasteiger partial charge in [0.1, 0.15) is 5.69 Å². The molecule has 3 aromatic rings. The zero-order valence-corrected chi connectivity index (χ0v) is 15.5. The van der Waals surface area contributed by atoms with E-state index in [1.807, 2.05) is 29.6 Å². The Bertz CT molecular complexity index is 905. The van der Waals surface area contributed by atoms with Crippen molar-refractivity contribution < 1.29 is 9.32 Å². The molecule has 1 aliphatic carbocycles. The van der Waals surface area contributed by atoms with Crippen molar-refractivity contribution in [3.8, 4) is 11.5 Å². The first-order chi connectivity index (χ1) is 12.5. The van der Waals surface area contributed by atoms with Gasteiger partial charge in [0, 0.05) is 24.0 Å². The maximum absolute atomic E-state index is 12.9. The molecule has 3 heterocycles. The molecular weight excluding hydrogens is 348 g/mol. The molecule has 6 nitrogen and oxygen atoms in total. The molecule has 1 atom stereocenters. The predicted octanol–water partition coefficient (Wildman–Crippen LogP) is 3.22. The van der Waals surface area contributed by atoms with E-state index in [0.29, 0.717) is 30.4 Å². The smallest absolute Gasteiger partial charge is 0.232 e. The van der Waals surface area contributed by atoms with Gasteiger partial charge in [0.05, 0.1) is 5.41 Å². The van der Waals surface area contributed by atoms with Gasteiger partial charge in [-0.2, -0.15) is 4.98 Å². The second-order valence-corrected chi connectivity index (χ2v) is 8.12. The lowest BCUT2D eigenvalue weighted by Crippen LogP contribution is -2.38. The normalized spacial score (nSPS) is 20.7. The van der Waals surface area contributed by atoms with Gasteiger partial charge in [-0.25, -0.2) is 0 Å². The predicted molar refractivity (Wildman–Crippen MR) is 98.6 cm³/mol. The quantitative estimate of drug-likeness (QED) is 0.722. The summed E-state index contributed by atoms with van der Waals surface area (Å²) in [7, 11) is 0. The molecule has 1 saturated carbocycles. The fraction of sp³-hybridized carbons (Fsp3) is 0.368. The van der Waals surface area contributed by atoms with E-state index in [1.54, 1.807) is 17.5 Å². The van der Waals surface area contributed by atoms with Gasteiger partial charge in [0.15, 0.2) is 0 Å². The number of aromatic nitrogens is 3. The number of carbonyl (C=O) groups is 1. The number of nitrogens with zero attached hydrogens (tertiary/aromatic N) is 3. The Balaban J connectivity index is 1.38. The molecule has 0 spiro atoms. The lowest BCUT2D eigenvalue weighted by atomic mass is 9.93. The summed E-state index contributed by atoms with van der Waals surface area (Å²) in [5.74, 6) is 1.03. The van der Waals surface area contributed by atoms with Gasteiger partial charge < -0.3 is 9.84 Å². The van der Waals surface area contributed by atoms with Crippen molar-refractivity contribution >= 4 is 17.2 Å². The van der Waals surface area contributed by atoms with E-state index in [2.05, 4.69) is 40.4 Å². The summed E-state index contributed by atoms with van der Waals surface area (Å²) in [5, 5.41) is 9.02. The van der Waals surface area contributed by atoms with E-state index < -0.39 is 5.41 Å². The van der Waals surface area contributed by atoms with Crippen LogP contribution in [-0.4, -0.2) is 27.6 Å². The lowest BCUT2D eigenvalue weighted by molar-refractivity contribution is -0.124. The molecule has 3 aromatic heterocycles. The van der Waals surface area contributed by atoms with Crippen LogP contribution in [0, 0.1) is 5.41 Å². The monoisotopic (exact) mass is 368 g/mol. The van der Waals surface area contributed by atoms with Crippen molar-refractivity contribution in [2.24, 2.45) is 5.41 Å². The molecule has 1 amide bonds. The Labute approximate surface area is 155 Å². The molecule has 0 aliphatic heterocycles. The highest BCUT2D eigenvalue weighted by Gasteiger charge is 2.67. The minimum Gasteiger partial charge on any atom is -0.355 e. The van der Waals surface area contributed by atoms with Crippen LogP contribution in [0.4, 0.5) is 0 Å². The average Bonchev–Trinajstić information content (AvgIpc) is 3.09. The number of pyridine rings is 1. The highest BCUT2D eigenvalue weighted by Crippen LogP contribution is 2.65. The molecule has 4 rings (SSSR count). The summed E-state index contributed by atoms with van der Waals surface area (Å²) in [5.41, 5.74) is 0.246. The van der Waals surface area contributed by atoms with Gasteiger partial charge >= 0.3 is 0 Å². The van der Waals surface area contributed by atoms with E-state index in [1.165, 1.54) is 0 Å². The second-order valence-electron chi connectivity index (χ2n) is 7.18. The molecule has 0 radical (unpaired) electrons. The van der Waals surface area contributed by atoms with Gasteiger partial charge in [0.25, 0.3) is 0 Å². The number of hydrogen-bond donors (Lipinski definition) is 1. The topological polar surface area (TPSA) is 80.9 Å². The lowest BCUT2D eigenvalue weighted by Gasteiger charge is -2.18. The average molecular weight is 368 g/mol. The number of hydrogen-bond acceptors (Lipinski definition) is 6. The second kappa shape index (κ2) is 6.32. The molecule has 0 bridgehead atoms. The van der Waals surface area contributed by atoms with Crippen LogP contribution in [0.15, 0.2) is 46.4 Å². The number of nitrogens with one attached hydrogen (secondary N) is 1. The fourth-order valence-corrected chi connectivity index (χ4v) is 4.55. The zero-order valence-electron chi connectivity index (χ0n) is 14.7. The van der Waals surface area contributed by atoms with Crippen LogP contribution in [0.3, 0.4) is 0 Å². The van der Waals surface area contributed by atoms with Crippen LogP contribution in [0.1, 0.15) is 31.0 Å². The molecule has 1 fully saturated rings. The third-order valence-corrected chi connectivity index (χ3v) is 6.09. The van der Waals surface area contributed by atoms with Gasteiger partial charge in [-0.15, -0.1) is 11.3 Å². The SMILES string of the molecule is CC1(C)C[C@]1(C(=O)NCCc1nc(-c2ccccn2)no1)c1cccs1. The minimum absolute atomic E-state index is 0.0153. The van der Waals surface area contributed by atoms with Crippen LogP contribution in [-0.2, 0) is 16.6 Å². The highest BCUT2D eigenvalue weighted by molar-refractivity contribution is 7.10. The first-order valence-corrected chi connectivity index (χ1v) is 9.47. The summed E-state index contributed by atoms with van der Waals surface area (Å²) < 4.78 is 5.26. The molecule has 26 heavy (non-hydrogen) atoms. The van der Waals surface area contributed by atoms with E-state index in [9.17, 15) is 4.79 Å². The first-order valence-electron chi connectivity index (χ1n) is 8.59. The Morgan fingerprint density at radius 3 is 2.81 bits per heavy atom. The summed E-state index contributed by atoms with van der Waals surface area (Å²) in [6.45, 7) is 4.75. The molecule has 7 heteroatoms. The van der Waals surface area contributed by atoms with E-state index in [4.69, 9.17) is 4.52 Å². The molecular formula is C19H20N4O2S. The van der Waals surface area contributed by atoms with E-state index >= 15 is 0 Å². The maximum atomic E-state index is 12.9. The van der Waals surface area contributed by atoms with E-state index in [-0.39, 0.29) is 11.3 Å². The molecule has 0 aromatic carbocycles. The Kier molecular flexibility index (Phi) is 4.11. The van der Waals surface area contributed by atoms with Crippen LogP contribution in [0.2, 0.25) is 0 Å². The van der Waals surface area contributed by atoms with E-state index in [0.717, 1.165) is 11.3 Å². The largest absolute Gasteiger partial charge is 0.355 e. The minimum atomic E-state index is -0.408. The van der Waals surface area contributed by atoms with Crippen molar-refractivity contribution in [2.45, 2.75) is 32.1 Å². The number of amides is 1. The van der Waals surface area contributed by atoms with Gasteiger partial charge in [0.2, 0.25) is 17.6 Å². The van der Waals surface area contributed by atoms with Crippen LogP contribution in [0.25, 0.3) is 11.5 Å². The molecule has 134 valence electrons. The summed E-state index contributed by atoms with van der Waals surface area (Å²) in [6, 6.07) is 9.59. The number of carbonyl (C=O) groups excluding carboxylic acids is 1. The van der Waals surface area contributed by atoms with Crippen molar-refractivity contribution in [3.63, 3.8) is 0 Å². The van der Waals surface area contributed by atoms with Crippen molar-refractivity contribution in [1.82, 2.24) is 20.4 Å². The molecule has 1 aliphatic rings. The highest BCUT2D eigenvalue weighted by atomic mass is 32.1. The van der Waals surface area contributed by atoms with Gasteiger partial charge in [-0.05, 0) is 35.4 Å². The third kappa shape index (κ3) is 2.82. The Hall–Kier alpha value is -2.54. The van der Waals surface area contributed by atoms with Crippen molar-refractivity contribution in [1.29, 1.82) is 0 Å². The van der Waals surface area contributed by atoms with Crippen molar-refractivity contribution in [3.05, 3.63) is 52.7 Å². The number of rotatable bonds is 6. The Morgan fingerprint density at radius 1 is 1.31 bits per heavy atom. The molecule has 0 saturated heterocycles.